The van der Waals surface area contributed by atoms with Crippen molar-refractivity contribution in [1.29, 1.82) is 0 Å². The predicted octanol–water partition coefficient (Wildman–Crippen LogP) is 3.19. The van der Waals surface area contributed by atoms with Crippen LogP contribution in [-0.2, 0) is 6.42 Å². The third-order valence-electron chi connectivity index (χ3n) is 2.65. The van der Waals surface area contributed by atoms with Crippen molar-refractivity contribution >= 4 is 17.1 Å². The van der Waals surface area contributed by atoms with Gasteiger partial charge in [-0.1, -0.05) is 0 Å². The Balaban J connectivity index is 2.20. The summed E-state index contributed by atoms with van der Waals surface area (Å²) < 4.78 is 10.3. The van der Waals surface area contributed by atoms with Gasteiger partial charge in [-0.15, -0.1) is 0 Å². The molecule has 18 heavy (non-hydrogen) atoms. The Morgan fingerprint density at radius 2 is 1.94 bits per heavy atom. The highest BCUT2D eigenvalue weighted by Crippen LogP contribution is 2.28. The van der Waals surface area contributed by atoms with E-state index >= 15 is 0 Å². The van der Waals surface area contributed by atoms with Crippen LogP contribution in [0.1, 0.15) is 15.9 Å². The summed E-state index contributed by atoms with van der Waals surface area (Å²) in [6.07, 6.45) is 0.416. The van der Waals surface area contributed by atoms with Crippen molar-refractivity contribution in [3.63, 3.8) is 0 Å². The molecule has 1 aromatic carbocycles. The van der Waals surface area contributed by atoms with Gasteiger partial charge in [-0.25, -0.2) is 0 Å². The second-order valence-electron chi connectivity index (χ2n) is 3.80. The van der Waals surface area contributed by atoms with Gasteiger partial charge in [0.15, 0.2) is 17.3 Å². The van der Waals surface area contributed by atoms with E-state index in [1.165, 1.54) is 0 Å². The molecule has 0 atom stereocenters. The van der Waals surface area contributed by atoms with Gasteiger partial charge < -0.3 is 9.47 Å². The molecule has 0 N–H and O–H groups in total. The Bertz CT molecular complexity index is 532. The average Bonchev–Trinajstić information content (AvgIpc) is 2.90. The molecule has 2 aromatic rings. The van der Waals surface area contributed by atoms with Gasteiger partial charge in [0.1, 0.15) is 0 Å². The molecule has 4 heteroatoms. The van der Waals surface area contributed by atoms with Crippen molar-refractivity contribution in [3.8, 4) is 11.5 Å². The van der Waals surface area contributed by atoms with Gasteiger partial charge in [0.05, 0.1) is 14.2 Å². The first-order chi connectivity index (χ1) is 8.74. The largest absolute Gasteiger partial charge is 0.493 e. The van der Waals surface area contributed by atoms with Gasteiger partial charge in [0.2, 0.25) is 0 Å². The summed E-state index contributed by atoms with van der Waals surface area (Å²) in [4.78, 5) is 12.1. The van der Waals surface area contributed by atoms with Crippen molar-refractivity contribution in [1.82, 2.24) is 0 Å². The number of ketones is 1. The zero-order chi connectivity index (χ0) is 13.0. The summed E-state index contributed by atoms with van der Waals surface area (Å²) in [5.74, 6) is 1.28. The SMILES string of the molecule is COc1ccc(C(=O)Cc2ccsc2)cc1OC. The van der Waals surface area contributed by atoms with Crippen LogP contribution in [-0.4, -0.2) is 20.0 Å². The minimum absolute atomic E-state index is 0.0781. The van der Waals surface area contributed by atoms with Crippen LogP contribution in [0, 0.1) is 0 Å². The predicted molar refractivity (Wildman–Crippen MR) is 71.9 cm³/mol. The molecule has 0 bridgehead atoms. The van der Waals surface area contributed by atoms with Gasteiger partial charge in [-0.2, -0.15) is 11.3 Å². The van der Waals surface area contributed by atoms with Crippen LogP contribution in [0.15, 0.2) is 35.0 Å². The fourth-order valence-electron chi connectivity index (χ4n) is 1.69. The number of carbonyl (C=O) groups is 1. The summed E-state index contributed by atoms with van der Waals surface area (Å²) in [5, 5.41) is 3.95. The fourth-order valence-corrected chi connectivity index (χ4v) is 2.36. The fraction of sp³-hybridized carbons (Fsp3) is 0.214. The van der Waals surface area contributed by atoms with E-state index in [0.29, 0.717) is 23.5 Å². The van der Waals surface area contributed by atoms with Crippen LogP contribution in [0.5, 0.6) is 11.5 Å². The number of Topliss-reactive ketones (excluding diaryl/α,β-unsaturated/α-hetero) is 1. The Kier molecular flexibility index (Phi) is 3.99. The lowest BCUT2D eigenvalue weighted by molar-refractivity contribution is 0.0992. The summed E-state index contributed by atoms with van der Waals surface area (Å²) in [6.45, 7) is 0. The second kappa shape index (κ2) is 5.69. The van der Waals surface area contributed by atoms with Crippen molar-refractivity contribution in [3.05, 3.63) is 46.2 Å². The number of hydrogen-bond acceptors (Lipinski definition) is 4. The molecule has 0 saturated heterocycles. The minimum atomic E-state index is 0.0781. The third-order valence-corrected chi connectivity index (χ3v) is 3.38. The molecule has 1 heterocycles. The average molecular weight is 262 g/mol. The molecule has 2 rings (SSSR count). The van der Waals surface area contributed by atoms with Gasteiger partial charge >= 0.3 is 0 Å². The van der Waals surface area contributed by atoms with Crippen molar-refractivity contribution in [2.45, 2.75) is 6.42 Å². The van der Waals surface area contributed by atoms with Crippen molar-refractivity contribution in [2.75, 3.05) is 14.2 Å². The quantitative estimate of drug-likeness (QED) is 0.776. The molecule has 94 valence electrons. The van der Waals surface area contributed by atoms with E-state index in [1.807, 2.05) is 16.8 Å². The molecular formula is C14H14O3S. The zero-order valence-electron chi connectivity index (χ0n) is 10.3. The molecule has 3 nitrogen and oxygen atoms in total. The molecule has 0 spiro atoms. The molecular weight excluding hydrogens is 248 g/mol. The molecule has 0 radical (unpaired) electrons. The Morgan fingerprint density at radius 3 is 2.56 bits per heavy atom. The first kappa shape index (κ1) is 12.6. The van der Waals surface area contributed by atoms with E-state index < -0.39 is 0 Å². The highest BCUT2D eigenvalue weighted by molar-refractivity contribution is 7.08. The van der Waals surface area contributed by atoms with E-state index in [0.717, 1.165) is 5.56 Å². The van der Waals surface area contributed by atoms with Crippen molar-refractivity contribution < 1.29 is 14.3 Å². The molecule has 0 amide bonds. The highest BCUT2D eigenvalue weighted by Gasteiger charge is 2.11. The van der Waals surface area contributed by atoms with E-state index in [9.17, 15) is 4.79 Å². The van der Waals surface area contributed by atoms with E-state index in [-0.39, 0.29) is 5.78 Å². The lowest BCUT2D eigenvalue weighted by Gasteiger charge is -2.08. The number of benzene rings is 1. The van der Waals surface area contributed by atoms with E-state index in [4.69, 9.17) is 9.47 Å². The lowest BCUT2D eigenvalue weighted by Crippen LogP contribution is -2.03. The van der Waals surface area contributed by atoms with Crippen LogP contribution in [0.3, 0.4) is 0 Å². The summed E-state index contributed by atoms with van der Waals surface area (Å²) in [6, 6.07) is 7.19. The third kappa shape index (κ3) is 2.71. The summed E-state index contributed by atoms with van der Waals surface area (Å²) >= 11 is 1.59. The number of methoxy groups -OCH3 is 2. The molecule has 0 saturated carbocycles. The molecule has 0 aliphatic rings. The summed E-state index contributed by atoms with van der Waals surface area (Å²) in [5.41, 5.74) is 1.68. The Labute approximate surface area is 110 Å². The van der Waals surface area contributed by atoms with Gasteiger partial charge in [-0.05, 0) is 40.6 Å². The van der Waals surface area contributed by atoms with Gasteiger partial charge in [0.25, 0.3) is 0 Å². The maximum Gasteiger partial charge on any atom is 0.167 e. The van der Waals surface area contributed by atoms with Crippen LogP contribution >= 0.6 is 11.3 Å². The van der Waals surface area contributed by atoms with Crippen LogP contribution in [0.4, 0.5) is 0 Å². The minimum Gasteiger partial charge on any atom is -0.493 e. The zero-order valence-corrected chi connectivity index (χ0v) is 11.1. The van der Waals surface area contributed by atoms with E-state index in [2.05, 4.69) is 0 Å². The number of carbonyl (C=O) groups excluding carboxylic acids is 1. The normalized spacial score (nSPS) is 10.1. The standard InChI is InChI=1S/C14H14O3S/c1-16-13-4-3-11(8-14(13)17-2)12(15)7-10-5-6-18-9-10/h3-6,8-9H,7H2,1-2H3. The first-order valence-electron chi connectivity index (χ1n) is 5.51. The molecule has 0 aliphatic carbocycles. The van der Waals surface area contributed by atoms with Gasteiger partial charge in [-0.3, -0.25) is 4.79 Å². The van der Waals surface area contributed by atoms with E-state index in [1.54, 1.807) is 43.8 Å². The summed E-state index contributed by atoms with van der Waals surface area (Å²) in [7, 11) is 3.13. The number of ether oxygens (including phenoxy) is 2. The van der Waals surface area contributed by atoms with Crippen LogP contribution < -0.4 is 9.47 Å². The van der Waals surface area contributed by atoms with Crippen LogP contribution in [0.25, 0.3) is 0 Å². The smallest absolute Gasteiger partial charge is 0.167 e. The Morgan fingerprint density at radius 1 is 1.17 bits per heavy atom. The van der Waals surface area contributed by atoms with Crippen LogP contribution in [0.2, 0.25) is 0 Å². The second-order valence-corrected chi connectivity index (χ2v) is 4.58. The number of hydrogen-bond donors (Lipinski definition) is 0. The monoisotopic (exact) mass is 262 g/mol. The molecule has 0 unspecified atom stereocenters. The number of rotatable bonds is 5. The topological polar surface area (TPSA) is 35.5 Å². The lowest BCUT2D eigenvalue weighted by atomic mass is 10.0. The van der Waals surface area contributed by atoms with Crippen molar-refractivity contribution in [2.24, 2.45) is 0 Å². The molecule has 0 fully saturated rings. The number of thiophene rings is 1. The van der Waals surface area contributed by atoms with Gasteiger partial charge in [0, 0.05) is 12.0 Å². The molecule has 1 aromatic heterocycles. The molecule has 0 aliphatic heterocycles. The maximum atomic E-state index is 12.1. The highest BCUT2D eigenvalue weighted by atomic mass is 32.1. The maximum absolute atomic E-state index is 12.1. The Hall–Kier alpha value is -1.81. The first-order valence-corrected chi connectivity index (χ1v) is 6.45.